The van der Waals surface area contributed by atoms with E-state index in [-0.39, 0.29) is 5.91 Å². The van der Waals surface area contributed by atoms with Crippen molar-refractivity contribution in [2.45, 2.75) is 6.92 Å². The molecule has 1 amide bonds. The van der Waals surface area contributed by atoms with Gasteiger partial charge in [-0.05, 0) is 35.7 Å². The zero-order valence-corrected chi connectivity index (χ0v) is 15.8. The number of para-hydroxylation sites is 1. The van der Waals surface area contributed by atoms with Crippen molar-refractivity contribution < 1.29 is 9.53 Å². The maximum atomic E-state index is 12.5. The number of nitrogens with zero attached hydrogens (tertiary/aromatic N) is 1. The van der Waals surface area contributed by atoms with Crippen molar-refractivity contribution in [3.8, 4) is 16.9 Å². The van der Waals surface area contributed by atoms with Crippen LogP contribution < -0.4 is 10.2 Å². The molecule has 4 nitrogen and oxygen atoms in total. The number of benzene rings is 3. The molecule has 0 aliphatic heterocycles. The summed E-state index contributed by atoms with van der Waals surface area (Å²) in [5.74, 6) is 0.180. The minimum Gasteiger partial charge on any atom is -0.489 e. The molecule has 3 aromatic carbocycles. The number of amides is 1. The molecule has 4 heteroatoms. The lowest BCUT2D eigenvalue weighted by Gasteiger charge is -2.09. The van der Waals surface area contributed by atoms with E-state index in [1.807, 2.05) is 55.5 Å². The van der Waals surface area contributed by atoms with E-state index >= 15 is 0 Å². The number of nitrogens with one attached hydrogen (secondary N) is 1. The molecule has 0 saturated carbocycles. The Balaban J connectivity index is 1.70. The second kappa shape index (κ2) is 9.33. The highest BCUT2D eigenvalue weighted by molar-refractivity contribution is 6.01. The fourth-order valence-corrected chi connectivity index (χ4v) is 2.72. The van der Waals surface area contributed by atoms with Gasteiger partial charge in [-0.25, -0.2) is 5.43 Å². The van der Waals surface area contributed by atoms with E-state index in [1.54, 1.807) is 24.3 Å². The summed E-state index contributed by atoms with van der Waals surface area (Å²) in [7, 11) is 0. The predicted molar refractivity (Wildman–Crippen MR) is 114 cm³/mol. The van der Waals surface area contributed by atoms with Crippen molar-refractivity contribution >= 4 is 11.6 Å². The van der Waals surface area contributed by atoms with Crippen LogP contribution in [0.4, 0.5) is 0 Å². The van der Waals surface area contributed by atoms with Crippen LogP contribution in [0.2, 0.25) is 0 Å². The van der Waals surface area contributed by atoms with Gasteiger partial charge in [-0.1, -0.05) is 79.4 Å². The molecule has 0 aliphatic rings. The molecule has 0 saturated heterocycles. The number of hydrazone groups is 1. The first-order chi connectivity index (χ1) is 13.7. The molecular weight excluding hydrogens is 348 g/mol. The number of rotatable bonds is 7. The summed E-state index contributed by atoms with van der Waals surface area (Å²) in [6.45, 7) is 5.81. The molecule has 3 rings (SSSR count). The summed E-state index contributed by atoms with van der Waals surface area (Å²) < 4.78 is 5.53. The molecule has 0 spiro atoms. The normalized spacial score (nSPS) is 11.0. The van der Waals surface area contributed by atoms with Crippen molar-refractivity contribution in [2.75, 3.05) is 6.61 Å². The average Bonchev–Trinajstić information content (AvgIpc) is 2.76. The lowest BCUT2D eigenvalue weighted by atomic mass is 10.0. The molecule has 0 radical (unpaired) electrons. The van der Waals surface area contributed by atoms with Gasteiger partial charge >= 0.3 is 0 Å². The lowest BCUT2D eigenvalue weighted by Crippen LogP contribution is -2.20. The Morgan fingerprint density at radius 2 is 1.61 bits per heavy atom. The van der Waals surface area contributed by atoms with Gasteiger partial charge in [-0.15, -0.1) is 0 Å². The summed E-state index contributed by atoms with van der Waals surface area (Å²) in [6, 6.07) is 25.3. The van der Waals surface area contributed by atoms with Crippen molar-refractivity contribution in [1.82, 2.24) is 5.43 Å². The van der Waals surface area contributed by atoms with Gasteiger partial charge in [0.15, 0.2) is 0 Å². The third kappa shape index (κ3) is 4.74. The highest BCUT2D eigenvalue weighted by Crippen LogP contribution is 2.20. The zero-order valence-electron chi connectivity index (χ0n) is 15.8. The largest absolute Gasteiger partial charge is 0.489 e. The Labute approximate surface area is 165 Å². The minimum absolute atomic E-state index is 0.320. The van der Waals surface area contributed by atoms with Gasteiger partial charge in [-0.2, -0.15) is 5.10 Å². The third-order valence-corrected chi connectivity index (χ3v) is 4.22. The SMILES string of the molecule is C=CCOc1ccccc1C(=O)N/N=C(\C)c1ccc(-c2ccccc2)cc1. The van der Waals surface area contributed by atoms with Crippen LogP contribution in [-0.2, 0) is 0 Å². The molecule has 1 N–H and O–H groups in total. The minimum atomic E-state index is -0.320. The van der Waals surface area contributed by atoms with Crippen LogP contribution in [0, 0.1) is 0 Å². The summed E-state index contributed by atoms with van der Waals surface area (Å²) in [5.41, 5.74) is 6.99. The first kappa shape index (κ1) is 19.1. The Bertz CT molecular complexity index is 977. The van der Waals surface area contributed by atoms with E-state index in [0.29, 0.717) is 17.9 Å². The van der Waals surface area contributed by atoms with Crippen LogP contribution in [0.1, 0.15) is 22.8 Å². The Kier molecular flexibility index (Phi) is 6.37. The molecule has 140 valence electrons. The topological polar surface area (TPSA) is 50.7 Å². The Morgan fingerprint density at radius 3 is 2.32 bits per heavy atom. The fraction of sp³-hybridized carbons (Fsp3) is 0.0833. The maximum Gasteiger partial charge on any atom is 0.275 e. The van der Waals surface area contributed by atoms with Crippen molar-refractivity contribution in [1.29, 1.82) is 0 Å². The van der Waals surface area contributed by atoms with Crippen LogP contribution in [-0.4, -0.2) is 18.2 Å². The summed E-state index contributed by atoms with van der Waals surface area (Å²) in [4.78, 5) is 12.5. The van der Waals surface area contributed by atoms with Gasteiger partial charge in [0, 0.05) is 0 Å². The quantitative estimate of drug-likeness (QED) is 0.358. The van der Waals surface area contributed by atoms with Crippen LogP contribution in [0.3, 0.4) is 0 Å². The van der Waals surface area contributed by atoms with E-state index in [0.717, 1.165) is 22.4 Å². The molecule has 0 aromatic heterocycles. The van der Waals surface area contributed by atoms with Gasteiger partial charge in [-0.3, -0.25) is 4.79 Å². The first-order valence-electron chi connectivity index (χ1n) is 9.02. The van der Waals surface area contributed by atoms with E-state index in [1.165, 1.54) is 0 Å². The van der Waals surface area contributed by atoms with Crippen LogP contribution >= 0.6 is 0 Å². The van der Waals surface area contributed by atoms with Crippen molar-refractivity contribution in [3.05, 3.63) is 103 Å². The highest BCUT2D eigenvalue weighted by atomic mass is 16.5. The van der Waals surface area contributed by atoms with Crippen LogP contribution in [0.15, 0.2) is 96.6 Å². The van der Waals surface area contributed by atoms with Crippen LogP contribution in [0.25, 0.3) is 11.1 Å². The summed E-state index contributed by atoms with van der Waals surface area (Å²) in [6.07, 6.45) is 1.64. The summed E-state index contributed by atoms with van der Waals surface area (Å²) in [5, 5.41) is 4.24. The number of ether oxygens (including phenoxy) is 1. The second-order valence-corrected chi connectivity index (χ2v) is 6.18. The number of carbonyl (C=O) groups excluding carboxylic acids is 1. The van der Waals surface area contributed by atoms with Gasteiger partial charge in [0.2, 0.25) is 0 Å². The molecular formula is C24H22N2O2. The molecule has 0 unspecified atom stereocenters. The standard InChI is InChI=1S/C24H22N2O2/c1-3-17-28-23-12-8-7-11-22(23)24(27)26-25-18(2)19-13-15-21(16-14-19)20-9-5-4-6-10-20/h3-16H,1,17H2,2H3,(H,26,27)/b25-18+. The average molecular weight is 370 g/mol. The van der Waals surface area contributed by atoms with Crippen molar-refractivity contribution in [3.63, 3.8) is 0 Å². The molecule has 0 fully saturated rings. The smallest absolute Gasteiger partial charge is 0.275 e. The number of hydrogen-bond donors (Lipinski definition) is 1. The van der Waals surface area contributed by atoms with Crippen molar-refractivity contribution in [2.24, 2.45) is 5.10 Å². The van der Waals surface area contributed by atoms with E-state index in [9.17, 15) is 4.79 Å². The zero-order chi connectivity index (χ0) is 19.8. The second-order valence-electron chi connectivity index (χ2n) is 6.18. The molecule has 0 bridgehead atoms. The van der Waals surface area contributed by atoms with E-state index < -0.39 is 0 Å². The van der Waals surface area contributed by atoms with E-state index in [4.69, 9.17) is 4.74 Å². The third-order valence-electron chi connectivity index (χ3n) is 4.22. The van der Waals surface area contributed by atoms with Crippen LogP contribution in [0.5, 0.6) is 5.75 Å². The lowest BCUT2D eigenvalue weighted by molar-refractivity contribution is 0.0951. The fourth-order valence-electron chi connectivity index (χ4n) is 2.72. The molecule has 0 heterocycles. The van der Waals surface area contributed by atoms with E-state index in [2.05, 4.69) is 29.2 Å². The molecule has 0 atom stereocenters. The maximum absolute atomic E-state index is 12.5. The number of carbonyl (C=O) groups is 1. The number of hydrogen-bond acceptors (Lipinski definition) is 3. The summed E-state index contributed by atoms with van der Waals surface area (Å²) >= 11 is 0. The van der Waals surface area contributed by atoms with Gasteiger partial charge in [0.1, 0.15) is 12.4 Å². The monoisotopic (exact) mass is 370 g/mol. The van der Waals surface area contributed by atoms with Gasteiger partial charge in [0.25, 0.3) is 5.91 Å². The Morgan fingerprint density at radius 1 is 0.964 bits per heavy atom. The predicted octanol–water partition coefficient (Wildman–Crippen LogP) is 5.07. The molecule has 3 aromatic rings. The van der Waals surface area contributed by atoms with Gasteiger partial charge in [0.05, 0.1) is 11.3 Å². The van der Waals surface area contributed by atoms with Gasteiger partial charge < -0.3 is 4.74 Å². The molecule has 28 heavy (non-hydrogen) atoms. The molecule has 0 aliphatic carbocycles. The first-order valence-corrected chi connectivity index (χ1v) is 9.02. The Hall–Kier alpha value is -3.66. The highest BCUT2D eigenvalue weighted by Gasteiger charge is 2.11.